The Morgan fingerprint density at radius 1 is 1.08 bits per heavy atom. The molecular weight excluding hydrogens is 805 g/mol. The number of carbonyl (C=O) groups excluding carboxylic acids is 4. The van der Waals surface area contributed by atoms with Gasteiger partial charge in [0.25, 0.3) is 5.91 Å². The number of amides is 3. The van der Waals surface area contributed by atoms with E-state index >= 15 is 0 Å². The van der Waals surface area contributed by atoms with Crippen molar-refractivity contribution in [2.24, 2.45) is 16.7 Å². The van der Waals surface area contributed by atoms with Crippen LogP contribution in [0.4, 0.5) is 0 Å². The van der Waals surface area contributed by atoms with Crippen molar-refractivity contribution in [1.29, 1.82) is 0 Å². The molecule has 4 atom stereocenters. The molecule has 15 heteroatoms. The summed E-state index contributed by atoms with van der Waals surface area (Å²) in [7, 11) is 3.08. The first-order valence-corrected chi connectivity index (χ1v) is 21.9. The molecule has 2 fully saturated rings. The highest BCUT2D eigenvalue weighted by molar-refractivity contribution is 6.06. The minimum Gasteiger partial charge on any atom is -0.508 e. The number of aryl methyl sites for hydroxylation is 1. The second-order valence-electron chi connectivity index (χ2n) is 18.5. The number of hydrazine groups is 1. The summed E-state index contributed by atoms with van der Waals surface area (Å²) in [6.45, 7) is 12.7. The van der Waals surface area contributed by atoms with E-state index in [2.05, 4.69) is 54.3 Å². The van der Waals surface area contributed by atoms with Gasteiger partial charge < -0.3 is 34.5 Å². The Balaban J connectivity index is 1.35. The molecule has 0 unspecified atom stereocenters. The number of hydrogen-bond donors (Lipinski definition) is 4. The van der Waals surface area contributed by atoms with E-state index in [1.165, 1.54) is 17.0 Å². The summed E-state index contributed by atoms with van der Waals surface area (Å²) in [4.78, 5) is 74.4. The Bertz CT molecular complexity index is 2440. The summed E-state index contributed by atoms with van der Waals surface area (Å²) < 4.78 is 14.1. The van der Waals surface area contributed by atoms with E-state index in [4.69, 9.17) is 14.5 Å². The van der Waals surface area contributed by atoms with Crippen LogP contribution in [-0.2, 0) is 52.8 Å². The first kappa shape index (κ1) is 45.2. The quantitative estimate of drug-likeness (QED) is 0.111. The van der Waals surface area contributed by atoms with Crippen molar-refractivity contribution in [2.75, 3.05) is 27.3 Å². The Labute approximate surface area is 368 Å². The molecule has 4 aromatic rings. The monoisotopic (exact) mass is 864 g/mol. The number of phenolic OH excluding ortho intramolecular Hbond substituents is 1. The summed E-state index contributed by atoms with van der Waals surface area (Å²) >= 11 is 0. The van der Waals surface area contributed by atoms with Gasteiger partial charge in [-0.25, -0.2) is 5.43 Å². The van der Waals surface area contributed by atoms with Crippen molar-refractivity contribution in [3.8, 4) is 28.1 Å². The standard InChI is InChI=1S/C48H60N6O9/c1-9-53-38-15-14-30-24-34(38)35(41(53)33-12-10-18-49-39(33)28(4)62-8)25-47(5,6)26-63-44(58)36-13-11-19-54(51-36)43(57)37(22-29-20-31(30)23-32(55)21-29)50-42(56)40(27(2)3)52(7)45(59)48(16-17-48)46(60)61/h10,12,14-15,18,20-21,23-24,27-28,36-37,40,51,55H,9,11,13,16-17,19,22,25-26H2,1-8H3,(H,50,56)(H,60,61)/t28-,36-,37-,40-/m0/s1. The molecule has 4 heterocycles. The molecule has 0 radical (unpaired) electrons. The highest BCUT2D eigenvalue weighted by Crippen LogP contribution is 2.48. The number of benzene rings is 2. The summed E-state index contributed by atoms with van der Waals surface area (Å²) in [5.41, 5.74) is 7.76. The molecule has 4 N–H and O–H groups in total. The number of nitrogens with one attached hydrogen (secondary N) is 2. The molecule has 3 aliphatic rings. The lowest BCUT2D eigenvalue weighted by atomic mass is 9.84. The fraction of sp³-hybridized carbons (Fsp3) is 0.500. The van der Waals surface area contributed by atoms with Gasteiger partial charge in [-0.1, -0.05) is 39.8 Å². The minimum absolute atomic E-state index is 0.0380. The molecule has 1 saturated carbocycles. The first-order valence-electron chi connectivity index (χ1n) is 21.9. The second-order valence-corrected chi connectivity index (χ2v) is 18.5. The third kappa shape index (κ3) is 8.90. The minimum atomic E-state index is -1.57. The molecule has 3 amide bonds. The fourth-order valence-corrected chi connectivity index (χ4v) is 9.36. The summed E-state index contributed by atoms with van der Waals surface area (Å²) in [5, 5.41) is 26.4. The number of fused-ring (bicyclic) bond motifs is 6. The third-order valence-electron chi connectivity index (χ3n) is 12.9. The predicted molar refractivity (Wildman–Crippen MR) is 236 cm³/mol. The number of esters is 1. The van der Waals surface area contributed by atoms with Gasteiger partial charge in [-0.15, -0.1) is 0 Å². The molecule has 2 aliphatic heterocycles. The Hall–Kier alpha value is -5.80. The van der Waals surface area contributed by atoms with Gasteiger partial charge >= 0.3 is 11.9 Å². The van der Waals surface area contributed by atoms with Crippen LogP contribution in [0.1, 0.15) is 90.2 Å². The number of aliphatic carboxylic acids is 1. The Morgan fingerprint density at radius 2 is 1.83 bits per heavy atom. The van der Waals surface area contributed by atoms with Crippen molar-refractivity contribution >= 4 is 40.6 Å². The van der Waals surface area contributed by atoms with Crippen molar-refractivity contribution in [3.05, 3.63) is 71.5 Å². The van der Waals surface area contributed by atoms with Gasteiger partial charge in [0.2, 0.25) is 11.8 Å². The number of rotatable bonds is 10. The lowest BCUT2D eigenvalue weighted by molar-refractivity contribution is -0.156. The molecule has 336 valence electrons. The van der Waals surface area contributed by atoms with E-state index in [9.17, 15) is 34.2 Å². The molecule has 2 aromatic heterocycles. The largest absolute Gasteiger partial charge is 0.508 e. The van der Waals surface area contributed by atoms with Crippen molar-refractivity contribution in [1.82, 2.24) is 30.2 Å². The number of likely N-dealkylation sites (N-methyl/N-ethyl adjacent to an activating group) is 1. The maximum atomic E-state index is 14.6. The molecule has 1 aliphatic carbocycles. The lowest BCUT2D eigenvalue weighted by Crippen LogP contribution is -2.62. The van der Waals surface area contributed by atoms with Crippen LogP contribution >= 0.6 is 0 Å². The number of carboxylic acid groups (broad SMARTS) is 1. The smallest absolute Gasteiger partial charge is 0.324 e. The number of ether oxygens (including phenoxy) is 2. The molecule has 1 saturated heterocycles. The van der Waals surface area contributed by atoms with Crippen LogP contribution in [-0.4, -0.2) is 105 Å². The van der Waals surface area contributed by atoms with E-state index in [0.717, 1.165) is 39.0 Å². The Morgan fingerprint density at radius 3 is 2.49 bits per heavy atom. The molecule has 6 bridgehead atoms. The molecule has 2 aromatic carbocycles. The van der Waals surface area contributed by atoms with E-state index in [1.54, 1.807) is 39.3 Å². The number of aromatic hydroxyl groups is 1. The average Bonchev–Trinajstić information content (AvgIpc) is 4.02. The first-order chi connectivity index (χ1) is 29.9. The molecular formula is C48H60N6O9. The zero-order chi connectivity index (χ0) is 45.5. The van der Waals surface area contributed by atoms with Crippen molar-refractivity contribution in [2.45, 2.75) is 111 Å². The number of aromatic nitrogens is 2. The zero-order valence-electron chi connectivity index (χ0n) is 37.5. The summed E-state index contributed by atoms with van der Waals surface area (Å²) in [6, 6.07) is 12.1. The number of nitrogens with zero attached hydrogens (tertiary/aromatic N) is 4. The van der Waals surface area contributed by atoms with Crippen LogP contribution in [0.2, 0.25) is 0 Å². The zero-order valence-corrected chi connectivity index (χ0v) is 37.5. The van der Waals surface area contributed by atoms with Gasteiger partial charge in [0.05, 0.1) is 24.1 Å². The van der Waals surface area contributed by atoms with E-state index in [0.29, 0.717) is 36.9 Å². The normalized spacial score (nSPS) is 20.7. The van der Waals surface area contributed by atoms with Crippen LogP contribution in [0.15, 0.2) is 54.7 Å². The maximum Gasteiger partial charge on any atom is 0.324 e. The van der Waals surface area contributed by atoms with Crippen LogP contribution in [0, 0.1) is 16.7 Å². The predicted octanol–water partition coefficient (Wildman–Crippen LogP) is 5.80. The number of pyridine rings is 1. The maximum absolute atomic E-state index is 14.6. The van der Waals surface area contributed by atoms with Gasteiger partial charge in [-0.3, -0.25) is 34.0 Å². The number of hydrogen-bond acceptors (Lipinski definition) is 10. The number of phenols is 1. The van der Waals surface area contributed by atoms with Crippen molar-refractivity contribution in [3.63, 3.8) is 0 Å². The van der Waals surface area contributed by atoms with Gasteiger partial charge in [0, 0.05) is 61.7 Å². The van der Waals surface area contributed by atoms with Gasteiger partial charge in [0.1, 0.15) is 29.3 Å². The topological polar surface area (TPSA) is 193 Å². The third-order valence-corrected chi connectivity index (χ3v) is 12.9. The highest BCUT2D eigenvalue weighted by Gasteiger charge is 2.59. The fourth-order valence-electron chi connectivity index (χ4n) is 9.36. The molecule has 7 rings (SSSR count). The lowest BCUT2D eigenvalue weighted by Gasteiger charge is -2.37. The van der Waals surface area contributed by atoms with Gasteiger partial charge in [-0.2, -0.15) is 0 Å². The SMILES string of the molecule is CCn1c(-c2cccnc2[C@H](C)OC)c2c3cc(ccc31)-c1cc(O)cc(c1)C[C@H](NC(=O)[C@H](C(C)C)N(C)C(=O)C1(C(=O)O)CC1)C(=O)N1CCC[C@H](N1)C(=O)OCC(C)(C)C2. The van der Waals surface area contributed by atoms with Gasteiger partial charge in [-0.05, 0) is 111 Å². The number of carboxylic acids is 1. The van der Waals surface area contributed by atoms with E-state index < -0.39 is 64.5 Å². The van der Waals surface area contributed by atoms with E-state index in [1.807, 2.05) is 25.1 Å². The Kier molecular flexibility index (Phi) is 12.7. The molecule has 15 nitrogen and oxygen atoms in total. The summed E-state index contributed by atoms with van der Waals surface area (Å²) in [6.07, 6.45) is 3.21. The number of carbonyl (C=O) groups is 5. The highest BCUT2D eigenvalue weighted by atomic mass is 16.5. The average molecular weight is 865 g/mol. The van der Waals surface area contributed by atoms with Crippen LogP contribution in [0.25, 0.3) is 33.3 Å². The summed E-state index contributed by atoms with van der Waals surface area (Å²) in [5.74, 6) is -4.04. The van der Waals surface area contributed by atoms with Crippen LogP contribution in [0.5, 0.6) is 5.75 Å². The van der Waals surface area contributed by atoms with Crippen molar-refractivity contribution < 1.29 is 43.7 Å². The van der Waals surface area contributed by atoms with Crippen LogP contribution < -0.4 is 10.7 Å². The second kappa shape index (κ2) is 17.8. The van der Waals surface area contributed by atoms with E-state index in [-0.39, 0.29) is 44.3 Å². The van der Waals surface area contributed by atoms with Crippen LogP contribution in [0.3, 0.4) is 0 Å². The molecule has 0 spiro atoms. The number of cyclic esters (lactones) is 1. The van der Waals surface area contributed by atoms with Gasteiger partial charge in [0.15, 0.2) is 0 Å². The number of methoxy groups -OCH3 is 1. The molecule has 63 heavy (non-hydrogen) atoms.